The Hall–Kier alpha value is -1.58. The first-order valence-electron chi connectivity index (χ1n) is 11.7. The van der Waals surface area contributed by atoms with Crippen LogP contribution in [0, 0.1) is 34.0 Å². The predicted molar refractivity (Wildman–Crippen MR) is 117 cm³/mol. The monoisotopic (exact) mass is 414 g/mol. The van der Waals surface area contributed by atoms with Gasteiger partial charge in [0.2, 0.25) is 0 Å². The van der Waals surface area contributed by atoms with Crippen molar-refractivity contribution in [1.29, 1.82) is 0 Å². The summed E-state index contributed by atoms with van der Waals surface area (Å²) in [6.45, 7) is 12.7. The zero-order valence-electron chi connectivity index (χ0n) is 19.4. The summed E-state index contributed by atoms with van der Waals surface area (Å²) in [7, 11) is 1.52. The Labute approximate surface area is 181 Å². The molecule has 4 aliphatic carbocycles. The van der Waals surface area contributed by atoms with Gasteiger partial charge in [-0.05, 0) is 94.5 Å². The maximum atomic E-state index is 12.9. The third-order valence-corrected chi connectivity index (χ3v) is 9.81. The first-order valence-corrected chi connectivity index (χ1v) is 11.7. The Morgan fingerprint density at radius 1 is 1.10 bits per heavy atom. The molecular weight excluding hydrogens is 376 g/mol. The number of carbonyl (C=O) groups excluding carboxylic acids is 2. The van der Waals surface area contributed by atoms with Crippen molar-refractivity contribution in [3.63, 3.8) is 0 Å². The molecule has 30 heavy (non-hydrogen) atoms. The van der Waals surface area contributed by atoms with Gasteiger partial charge in [-0.15, -0.1) is 0 Å². The van der Waals surface area contributed by atoms with Crippen LogP contribution in [0.25, 0.3) is 0 Å². The van der Waals surface area contributed by atoms with Gasteiger partial charge in [0.25, 0.3) is 0 Å². The lowest BCUT2D eigenvalue weighted by Gasteiger charge is -2.64. The first-order chi connectivity index (χ1) is 14.1. The highest BCUT2D eigenvalue weighted by molar-refractivity contribution is 5.88. The highest BCUT2D eigenvalue weighted by atomic mass is 16.5. The number of rotatable bonds is 3. The molecule has 166 valence electrons. The molecule has 4 fully saturated rings. The molecule has 0 N–H and O–H groups in total. The molecule has 0 aromatic rings. The van der Waals surface area contributed by atoms with E-state index in [4.69, 9.17) is 9.47 Å². The maximum Gasteiger partial charge on any atom is 0.333 e. The summed E-state index contributed by atoms with van der Waals surface area (Å²) < 4.78 is 11.5. The molecule has 4 heteroatoms. The maximum absolute atomic E-state index is 12.9. The Morgan fingerprint density at radius 2 is 1.83 bits per heavy atom. The van der Waals surface area contributed by atoms with E-state index in [-0.39, 0.29) is 28.9 Å². The molecule has 0 aromatic carbocycles. The van der Waals surface area contributed by atoms with Crippen molar-refractivity contribution in [2.75, 3.05) is 7.11 Å². The van der Waals surface area contributed by atoms with Crippen LogP contribution in [0.2, 0.25) is 0 Å². The van der Waals surface area contributed by atoms with Gasteiger partial charge < -0.3 is 9.47 Å². The van der Waals surface area contributed by atoms with E-state index < -0.39 is 5.41 Å². The number of hydrogen-bond acceptors (Lipinski definition) is 4. The second kappa shape index (κ2) is 7.24. The third-order valence-electron chi connectivity index (χ3n) is 9.81. The quantitative estimate of drug-likeness (QED) is 0.342. The van der Waals surface area contributed by atoms with Gasteiger partial charge in [0, 0.05) is 11.0 Å². The van der Waals surface area contributed by atoms with E-state index in [1.54, 1.807) is 0 Å². The van der Waals surface area contributed by atoms with Crippen LogP contribution in [0.3, 0.4) is 0 Å². The van der Waals surface area contributed by atoms with E-state index in [1.807, 2.05) is 19.9 Å². The molecule has 0 radical (unpaired) electrons. The van der Waals surface area contributed by atoms with E-state index in [1.165, 1.54) is 7.11 Å². The topological polar surface area (TPSA) is 52.6 Å². The molecular formula is C26H38O4. The van der Waals surface area contributed by atoms with E-state index >= 15 is 0 Å². The number of esters is 2. The molecule has 0 heterocycles. The lowest BCUT2D eigenvalue weighted by molar-refractivity contribution is -0.196. The number of hydrogen-bond donors (Lipinski definition) is 0. The van der Waals surface area contributed by atoms with Crippen molar-refractivity contribution in [1.82, 2.24) is 0 Å². The van der Waals surface area contributed by atoms with E-state index in [2.05, 4.69) is 20.4 Å². The van der Waals surface area contributed by atoms with Gasteiger partial charge in [-0.1, -0.05) is 26.0 Å². The molecule has 0 aliphatic heterocycles. The van der Waals surface area contributed by atoms with Crippen LogP contribution in [0.1, 0.15) is 79.1 Å². The Morgan fingerprint density at radius 3 is 2.50 bits per heavy atom. The average Bonchev–Trinajstić information content (AvgIpc) is 2.92. The number of carbonyl (C=O) groups is 2. The summed E-state index contributed by atoms with van der Waals surface area (Å²) >= 11 is 0. The van der Waals surface area contributed by atoms with Gasteiger partial charge in [0.15, 0.2) is 0 Å². The third kappa shape index (κ3) is 2.78. The lowest BCUT2D eigenvalue weighted by atomic mass is 9.40. The standard InChI is InChI=1S/C26H38O4/c1-7-16(2)22(27)30-21-17(3)18-9-10-20-24(4)12-8-13-25(5,23(28)29-6)19(24)11-14-26(20,21)15-18/h7,18-21H,3,8-15H2,1-2,4-6H3/b16-7-/t18-,19+,20+,21+,24-,25-,26-/m1/s1. The average molecular weight is 415 g/mol. The molecule has 0 aromatic heterocycles. The van der Waals surface area contributed by atoms with Crippen LogP contribution in [-0.4, -0.2) is 25.2 Å². The van der Waals surface area contributed by atoms with Gasteiger partial charge in [-0.3, -0.25) is 4.79 Å². The summed E-state index contributed by atoms with van der Waals surface area (Å²) in [4.78, 5) is 25.6. The summed E-state index contributed by atoms with van der Waals surface area (Å²) in [5.41, 5.74) is 1.42. The zero-order valence-corrected chi connectivity index (χ0v) is 19.4. The highest BCUT2D eigenvalue weighted by Crippen LogP contribution is 2.72. The Balaban J connectivity index is 1.72. The number of fused-ring (bicyclic) bond motifs is 3. The van der Waals surface area contributed by atoms with Crippen LogP contribution < -0.4 is 0 Å². The summed E-state index contributed by atoms with van der Waals surface area (Å²) in [5.74, 6) is 0.971. The second-order valence-electron chi connectivity index (χ2n) is 11.0. The zero-order chi connectivity index (χ0) is 21.9. The van der Waals surface area contributed by atoms with Crippen LogP contribution >= 0.6 is 0 Å². The van der Waals surface area contributed by atoms with Crippen molar-refractivity contribution in [3.05, 3.63) is 23.8 Å². The number of methoxy groups -OCH3 is 1. The molecule has 0 amide bonds. The largest absolute Gasteiger partial charge is 0.469 e. The summed E-state index contributed by atoms with van der Waals surface area (Å²) in [6.07, 6.45) is 10.1. The Kier molecular flexibility index (Phi) is 5.22. The smallest absolute Gasteiger partial charge is 0.333 e. The van der Waals surface area contributed by atoms with Gasteiger partial charge in [-0.2, -0.15) is 0 Å². The van der Waals surface area contributed by atoms with Crippen LogP contribution in [0.5, 0.6) is 0 Å². The van der Waals surface area contributed by atoms with Gasteiger partial charge >= 0.3 is 11.9 Å². The molecule has 1 spiro atoms. The van der Waals surface area contributed by atoms with Crippen molar-refractivity contribution >= 4 is 11.9 Å². The van der Waals surface area contributed by atoms with Crippen LogP contribution in [0.15, 0.2) is 23.8 Å². The minimum absolute atomic E-state index is 0.0245. The van der Waals surface area contributed by atoms with Gasteiger partial charge in [0.1, 0.15) is 6.10 Å². The number of allylic oxidation sites excluding steroid dienone is 1. The van der Waals surface area contributed by atoms with Gasteiger partial charge in [-0.25, -0.2) is 4.79 Å². The highest BCUT2D eigenvalue weighted by Gasteiger charge is 2.68. The molecule has 4 rings (SSSR count). The molecule has 0 saturated heterocycles. The van der Waals surface area contributed by atoms with Gasteiger partial charge in [0.05, 0.1) is 12.5 Å². The fourth-order valence-electron chi connectivity index (χ4n) is 8.32. The second-order valence-corrected chi connectivity index (χ2v) is 11.0. The van der Waals surface area contributed by atoms with Crippen LogP contribution in [-0.2, 0) is 19.1 Å². The van der Waals surface area contributed by atoms with Crippen LogP contribution in [0.4, 0.5) is 0 Å². The van der Waals surface area contributed by atoms with Crippen molar-refractivity contribution in [2.45, 2.75) is 85.2 Å². The molecule has 7 atom stereocenters. The van der Waals surface area contributed by atoms with Crippen molar-refractivity contribution < 1.29 is 19.1 Å². The van der Waals surface area contributed by atoms with Crippen molar-refractivity contribution in [2.24, 2.45) is 34.0 Å². The fraction of sp³-hybridized carbons (Fsp3) is 0.769. The van der Waals surface area contributed by atoms with E-state index in [0.29, 0.717) is 23.3 Å². The minimum atomic E-state index is -0.413. The first kappa shape index (κ1) is 21.6. The fourth-order valence-corrected chi connectivity index (χ4v) is 8.32. The lowest BCUT2D eigenvalue weighted by Crippen LogP contribution is -2.60. The Bertz CT molecular complexity index is 797. The summed E-state index contributed by atoms with van der Waals surface area (Å²) in [5, 5.41) is 0. The molecule has 2 bridgehead atoms. The summed E-state index contributed by atoms with van der Waals surface area (Å²) in [6, 6.07) is 0. The number of ether oxygens (including phenoxy) is 2. The molecule has 4 nitrogen and oxygen atoms in total. The minimum Gasteiger partial charge on any atom is -0.469 e. The SMILES string of the molecule is C=C1[C@@H]2CC[C@H]3[C@]4(C)CCC[C@@](C)(C(=O)OC)[C@H]4CC[C@]3(C2)[C@H]1OC(=O)/C(C)=C\C. The molecule has 0 unspecified atom stereocenters. The molecule has 4 aliphatic rings. The molecule has 4 saturated carbocycles. The van der Waals surface area contributed by atoms with E-state index in [0.717, 1.165) is 56.9 Å². The normalized spacial score (nSPS) is 45.4. The predicted octanol–water partition coefficient (Wildman–Crippen LogP) is 5.62. The van der Waals surface area contributed by atoms with E-state index in [9.17, 15) is 9.59 Å². The van der Waals surface area contributed by atoms with Crippen molar-refractivity contribution in [3.8, 4) is 0 Å².